The number of hydrogen-bond acceptors (Lipinski definition) is 5. The highest BCUT2D eigenvalue weighted by atomic mass is 35.5. The zero-order chi connectivity index (χ0) is 22.5. The summed E-state index contributed by atoms with van der Waals surface area (Å²) in [4.78, 5) is 29.1. The molecule has 0 radical (unpaired) electrons. The first kappa shape index (κ1) is 21.6. The van der Waals surface area contributed by atoms with Gasteiger partial charge in [-0.1, -0.05) is 71.7 Å². The van der Waals surface area contributed by atoms with Gasteiger partial charge in [0.2, 0.25) is 5.90 Å². The first-order valence-corrected chi connectivity index (χ1v) is 10.3. The Bertz CT molecular complexity index is 1280. The molecule has 0 fully saturated rings. The maximum absolute atomic E-state index is 12.6. The van der Waals surface area contributed by atoms with E-state index in [9.17, 15) is 9.59 Å². The number of cyclic esters (lactones) is 1. The van der Waals surface area contributed by atoms with Gasteiger partial charge in [-0.25, -0.2) is 14.6 Å². The van der Waals surface area contributed by atoms with Crippen LogP contribution in [0.4, 0.5) is 0 Å². The highest BCUT2D eigenvalue weighted by Crippen LogP contribution is 2.27. The van der Waals surface area contributed by atoms with Crippen LogP contribution in [0.5, 0.6) is 5.75 Å². The average molecular weight is 464 g/mol. The lowest BCUT2D eigenvalue weighted by Crippen LogP contribution is -2.10. The molecule has 158 valence electrons. The molecule has 0 saturated carbocycles. The Morgan fingerprint density at radius 3 is 2.47 bits per heavy atom. The van der Waals surface area contributed by atoms with Crippen LogP contribution in [0, 0.1) is 0 Å². The molecule has 32 heavy (non-hydrogen) atoms. The first-order valence-electron chi connectivity index (χ1n) is 9.51. The number of carbonyl (C=O) groups is 2. The Balaban J connectivity index is 1.57. The molecule has 4 rings (SSSR count). The molecule has 0 spiro atoms. The summed E-state index contributed by atoms with van der Waals surface area (Å²) in [5.41, 5.74) is 1.69. The minimum atomic E-state index is -0.651. The van der Waals surface area contributed by atoms with Crippen molar-refractivity contribution in [2.75, 3.05) is 0 Å². The summed E-state index contributed by atoms with van der Waals surface area (Å²) in [6.45, 7) is 0. The molecule has 0 unspecified atom stereocenters. The van der Waals surface area contributed by atoms with Crippen LogP contribution in [0.25, 0.3) is 12.2 Å². The van der Waals surface area contributed by atoms with Gasteiger partial charge in [-0.3, -0.25) is 0 Å². The molecule has 0 N–H and O–H groups in total. The van der Waals surface area contributed by atoms with Crippen LogP contribution in [0.3, 0.4) is 0 Å². The summed E-state index contributed by atoms with van der Waals surface area (Å²) in [7, 11) is 0. The Kier molecular flexibility index (Phi) is 6.50. The summed E-state index contributed by atoms with van der Waals surface area (Å²) >= 11 is 12.0. The van der Waals surface area contributed by atoms with Crippen LogP contribution in [0.2, 0.25) is 10.0 Å². The number of para-hydroxylation sites is 1. The van der Waals surface area contributed by atoms with Crippen molar-refractivity contribution in [3.63, 3.8) is 0 Å². The molecule has 0 aromatic heterocycles. The lowest BCUT2D eigenvalue weighted by atomic mass is 10.1. The molecule has 0 aliphatic carbocycles. The number of benzene rings is 3. The van der Waals surface area contributed by atoms with Gasteiger partial charge in [0.05, 0.1) is 10.6 Å². The third-order valence-electron chi connectivity index (χ3n) is 4.42. The molecule has 7 heteroatoms. The third-order valence-corrected chi connectivity index (χ3v) is 4.97. The fourth-order valence-corrected chi connectivity index (χ4v) is 3.36. The van der Waals surface area contributed by atoms with Crippen molar-refractivity contribution in [1.82, 2.24) is 0 Å². The minimum Gasteiger partial charge on any atom is -0.422 e. The molecule has 1 aliphatic heterocycles. The Morgan fingerprint density at radius 1 is 0.938 bits per heavy atom. The van der Waals surface area contributed by atoms with Gasteiger partial charge < -0.3 is 9.47 Å². The van der Waals surface area contributed by atoms with Crippen LogP contribution in [0.1, 0.15) is 21.5 Å². The summed E-state index contributed by atoms with van der Waals surface area (Å²) in [5.74, 6) is -0.832. The van der Waals surface area contributed by atoms with E-state index >= 15 is 0 Å². The second kappa shape index (κ2) is 9.64. The zero-order valence-electron chi connectivity index (χ0n) is 16.5. The van der Waals surface area contributed by atoms with Crippen molar-refractivity contribution in [3.05, 3.63) is 111 Å². The van der Waals surface area contributed by atoms with E-state index in [0.29, 0.717) is 10.6 Å². The first-order chi connectivity index (χ1) is 15.5. The van der Waals surface area contributed by atoms with Crippen LogP contribution in [-0.2, 0) is 9.53 Å². The van der Waals surface area contributed by atoms with E-state index in [1.54, 1.807) is 42.5 Å². The molecule has 0 atom stereocenters. The second-order valence-corrected chi connectivity index (χ2v) is 7.51. The number of hydrogen-bond donors (Lipinski definition) is 0. The number of nitrogens with zero attached hydrogens (tertiary/aromatic N) is 1. The maximum atomic E-state index is 12.6. The number of halogens is 2. The highest BCUT2D eigenvalue weighted by molar-refractivity contribution is 6.36. The van der Waals surface area contributed by atoms with Gasteiger partial charge in [0.1, 0.15) is 5.75 Å². The molecule has 3 aromatic rings. The number of ether oxygens (including phenoxy) is 2. The van der Waals surface area contributed by atoms with Crippen molar-refractivity contribution in [1.29, 1.82) is 0 Å². The topological polar surface area (TPSA) is 65.0 Å². The van der Waals surface area contributed by atoms with E-state index in [4.69, 9.17) is 32.7 Å². The monoisotopic (exact) mass is 463 g/mol. The molecule has 5 nitrogen and oxygen atoms in total. The normalized spacial score (nSPS) is 14.5. The van der Waals surface area contributed by atoms with Crippen LogP contribution >= 0.6 is 23.2 Å². The van der Waals surface area contributed by atoms with Crippen molar-refractivity contribution < 1.29 is 19.1 Å². The van der Waals surface area contributed by atoms with Crippen molar-refractivity contribution >= 4 is 53.2 Å². The van der Waals surface area contributed by atoms with E-state index in [1.165, 1.54) is 18.2 Å². The fraction of sp³-hybridized carbons (Fsp3) is 0. The van der Waals surface area contributed by atoms with Crippen LogP contribution in [-0.4, -0.2) is 17.8 Å². The largest absolute Gasteiger partial charge is 0.422 e. The van der Waals surface area contributed by atoms with Gasteiger partial charge in [-0.2, -0.15) is 0 Å². The predicted octanol–water partition coefficient (Wildman–Crippen LogP) is 6.22. The minimum absolute atomic E-state index is 0.0886. The van der Waals surface area contributed by atoms with Gasteiger partial charge in [0.25, 0.3) is 0 Å². The highest BCUT2D eigenvalue weighted by Gasteiger charge is 2.22. The zero-order valence-corrected chi connectivity index (χ0v) is 18.0. The maximum Gasteiger partial charge on any atom is 0.363 e. The summed E-state index contributed by atoms with van der Waals surface area (Å²) in [6.07, 6.45) is 4.90. The van der Waals surface area contributed by atoms with E-state index in [-0.39, 0.29) is 27.9 Å². The number of rotatable bonds is 5. The molecular weight excluding hydrogens is 449 g/mol. The Hall–Kier alpha value is -3.67. The van der Waals surface area contributed by atoms with Crippen LogP contribution < -0.4 is 4.74 Å². The van der Waals surface area contributed by atoms with Crippen molar-refractivity contribution in [2.24, 2.45) is 4.99 Å². The molecule has 1 heterocycles. The molecule has 1 aliphatic rings. The lowest BCUT2D eigenvalue weighted by Gasteiger charge is -2.09. The number of esters is 2. The number of carbonyl (C=O) groups excluding carboxylic acids is 2. The quantitative estimate of drug-likeness (QED) is 0.255. The standard InChI is InChI=1S/C25H15Cl2NO4/c26-18-11-12-19(20(27)15-18)24(29)31-22-9-5-4-8-17(22)14-21-25(30)32-23(28-21)13-10-16-6-2-1-3-7-16/h1-15H/b13-10+,21-14+. The van der Waals surface area contributed by atoms with E-state index in [1.807, 2.05) is 30.3 Å². The van der Waals surface area contributed by atoms with E-state index in [0.717, 1.165) is 5.56 Å². The van der Waals surface area contributed by atoms with Gasteiger partial charge in [0.15, 0.2) is 5.70 Å². The van der Waals surface area contributed by atoms with E-state index < -0.39 is 11.9 Å². The third kappa shape index (κ3) is 5.14. The summed E-state index contributed by atoms with van der Waals surface area (Å²) < 4.78 is 10.7. The second-order valence-electron chi connectivity index (χ2n) is 6.66. The molecule has 0 amide bonds. The van der Waals surface area contributed by atoms with Gasteiger partial charge in [0, 0.05) is 16.7 Å². The van der Waals surface area contributed by atoms with Gasteiger partial charge in [-0.05, 0) is 42.0 Å². The molecular formula is C25H15Cl2NO4. The SMILES string of the molecule is O=C1OC(/C=C/c2ccccc2)=NC/1=C/c1ccccc1OC(=O)c1ccc(Cl)cc1Cl. The summed E-state index contributed by atoms with van der Waals surface area (Å²) in [5, 5.41) is 0.587. The van der Waals surface area contributed by atoms with Crippen molar-refractivity contribution in [2.45, 2.75) is 0 Å². The molecule has 3 aromatic carbocycles. The Labute approximate surface area is 194 Å². The van der Waals surface area contributed by atoms with Gasteiger partial charge >= 0.3 is 11.9 Å². The lowest BCUT2D eigenvalue weighted by molar-refractivity contribution is -0.129. The van der Waals surface area contributed by atoms with E-state index in [2.05, 4.69) is 4.99 Å². The molecule has 0 bridgehead atoms. The number of aliphatic imine (C=N–C) groups is 1. The fourth-order valence-electron chi connectivity index (χ4n) is 2.88. The van der Waals surface area contributed by atoms with Crippen LogP contribution in [0.15, 0.2) is 89.6 Å². The molecule has 0 saturated heterocycles. The van der Waals surface area contributed by atoms with Gasteiger partial charge in [-0.15, -0.1) is 0 Å². The Morgan fingerprint density at radius 2 is 1.69 bits per heavy atom. The smallest absolute Gasteiger partial charge is 0.363 e. The predicted molar refractivity (Wildman–Crippen MR) is 125 cm³/mol. The summed E-state index contributed by atoms with van der Waals surface area (Å²) in [6, 6.07) is 20.8. The average Bonchev–Trinajstić information content (AvgIpc) is 3.13. The van der Waals surface area contributed by atoms with Crippen molar-refractivity contribution in [3.8, 4) is 5.75 Å².